The molecule has 0 amide bonds. The molecule has 1 aromatic rings. The Bertz CT molecular complexity index is 429. The van der Waals surface area contributed by atoms with Crippen molar-refractivity contribution in [1.29, 1.82) is 0 Å². The van der Waals surface area contributed by atoms with Crippen LogP contribution < -0.4 is 9.47 Å². The summed E-state index contributed by atoms with van der Waals surface area (Å²) >= 11 is 0. The second kappa shape index (κ2) is 5.89. The molecule has 0 aliphatic carbocycles. The molecule has 5 heteroatoms. The van der Waals surface area contributed by atoms with Crippen LogP contribution in [0.3, 0.4) is 0 Å². The maximum Gasteiger partial charge on any atom is 0.269 e. The van der Waals surface area contributed by atoms with Crippen LogP contribution in [-0.4, -0.2) is 18.1 Å². The molecule has 17 heavy (non-hydrogen) atoms. The van der Waals surface area contributed by atoms with Gasteiger partial charge in [0, 0.05) is 0 Å². The van der Waals surface area contributed by atoms with E-state index in [1.54, 1.807) is 18.2 Å². The van der Waals surface area contributed by atoms with Crippen molar-refractivity contribution in [3.63, 3.8) is 0 Å². The second-order valence-corrected chi connectivity index (χ2v) is 3.23. The van der Waals surface area contributed by atoms with Crippen LogP contribution in [0.2, 0.25) is 0 Å². The van der Waals surface area contributed by atoms with Gasteiger partial charge in [-0.25, -0.2) is 0 Å². The van der Waals surface area contributed by atoms with Gasteiger partial charge in [0.15, 0.2) is 11.5 Å². The van der Waals surface area contributed by atoms with Crippen LogP contribution in [0.4, 0.5) is 0 Å². The van der Waals surface area contributed by atoms with E-state index < -0.39 is 4.92 Å². The minimum atomic E-state index is -0.522. The summed E-state index contributed by atoms with van der Waals surface area (Å²) in [7, 11) is 0. The largest absolute Gasteiger partial charge is 0.490 e. The molecule has 0 fully saturated rings. The summed E-state index contributed by atoms with van der Waals surface area (Å²) in [5.41, 5.74) is 0.260. The molecule has 0 heterocycles. The second-order valence-electron chi connectivity index (χ2n) is 3.23. The summed E-state index contributed by atoms with van der Waals surface area (Å²) in [4.78, 5) is 10.1. The molecule has 0 aromatic heterocycles. The van der Waals surface area contributed by atoms with Crippen LogP contribution in [-0.2, 0) is 0 Å². The van der Waals surface area contributed by atoms with Gasteiger partial charge in [-0.3, -0.25) is 10.1 Å². The van der Waals surface area contributed by atoms with Crippen molar-refractivity contribution in [2.45, 2.75) is 13.8 Å². The highest BCUT2D eigenvalue weighted by Crippen LogP contribution is 2.30. The number of nitrogens with zero attached hydrogens (tertiary/aromatic N) is 1. The summed E-state index contributed by atoms with van der Waals surface area (Å²) in [5.74, 6) is 1.07. The smallest absolute Gasteiger partial charge is 0.269 e. The molecule has 0 saturated carbocycles. The van der Waals surface area contributed by atoms with Crippen LogP contribution in [0.25, 0.3) is 5.70 Å². The third kappa shape index (κ3) is 3.21. The zero-order valence-corrected chi connectivity index (χ0v) is 9.93. The molecule has 0 radical (unpaired) electrons. The fraction of sp³-hybridized carbons (Fsp3) is 0.333. The lowest BCUT2D eigenvalue weighted by molar-refractivity contribution is -0.375. The highest BCUT2D eigenvalue weighted by molar-refractivity contribution is 5.60. The minimum absolute atomic E-state index is 0.158. The Labute approximate surface area is 99.8 Å². The summed E-state index contributed by atoms with van der Waals surface area (Å²) in [6.07, 6.45) is 0. The highest BCUT2D eigenvalue weighted by atomic mass is 16.6. The zero-order valence-electron chi connectivity index (χ0n) is 9.93. The van der Waals surface area contributed by atoms with E-state index in [4.69, 9.17) is 9.47 Å². The molecule has 0 unspecified atom stereocenters. The Kier molecular flexibility index (Phi) is 4.51. The van der Waals surface area contributed by atoms with Crippen LogP contribution in [0.15, 0.2) is 24.8 Å². The van der Waals surface area contributed by atoms with Gasteiger partial charge in [-0.2, -0.15) is 0 Å². The summed E-state index contributed by atoms with van der Waals surface area (Å²) < 4.78 is 10.7. The Balaban J connectivity index is 3.08. The lowest BCUT2D eigenvalue weighted by Gasteiger charge is -2.11. The van der Waals surface area contributed by atoms with Gasteiger partial charge < -0.3 is 9.47 Å². The fourth-order valence-corrected chi connectivity index (χ4v) is 1.34. The van der Waals surface area contributed by atoms with Crippen LogP contribution in [0, 0.1) is 10.1 Å². The van der Waals surface area contributed by atoms with Crippen molar-refractivity contribution in [2.24, 2.45) is 0 Å². The van der Waals surface area contributed by atoms with E-state index in [-0.39, 0.29) is 5.70 Å². The number of benzene rings is 1. The summed E-state index contributed by atoms with van der Waals surface area (Å²) in [6.45, 7) is 8.08. The first-order chi connectivity index (χ1) is 8.10. The maximum atomic E-state index is 10.6. The third-order valence-electron chi connectivity index (χ3n) is 2.10. The van der Waals surface area contributed by atoms with Crippen LogP contribution in [0.5, 0.6) is 11.5 Å². The lowest BCUT2D eigenvalue weighted by Crippen LogP contribution is -2.01. The Morgan fingerprint density at radius 3 is 2.41 bits per heavy atom. The first-order valence-corrected chi connectivity index (χ1v) is 5.33. The van der Waals surface area contributed by atoms with Crippen molar-refractivity contribution in [1.82, 2.24) is 0 Å². The average molecular weight is 237 g/mol. The van der Waals surface area contributed by atoms with Crippen molar-refractivity contribution >= 4 is 5.70 Å². The molecule has 0 aliphatic heterocycles. The predicted octanol–water partition coefficient (Wildman–Crippen LogP) is 2.73. The molecule has 0 N–H and O–H groups in total. The molecular weight excluding hydrogens is 222 g/mol. The number of nitro groups is 1. The number of rotatable bonds is 6. The molecular formula is C12H15NO4. The molecule has 0 bridgehead atoms. The molecule has 5 nitrogen and oxygen atoms in total. The average Bonchev–Trinajstić information content (AvgIpc) is 2.31. The third-order valence-corrected chi connectivity index (χ3v) is 2.10. The monoisotopic (exact) mass is 237 g/mol. The van der Waals surface area contributed by atoms with Gasteiger partial charge in [-0.1, -0.05) is 0 Å². The molecule has 0 aliphatic rings. The van der Waals surface area contributed by atoms with Crippen LogP contribution >= 0.6 is 0 Å². The highest BCUT2D eigenvalue weighted by Gasteiger charge is 2.14. The first-order valence-electron chi connectivity index (χ1n) is 5.33. The van der Waals surface area contributed by atoms with Crippen molar-refractivity contribution < 1.29 is 14.4 Å². The Morgan fingerprint density at radius 1 is 1.29 bits per heavy atom. The molecule has 1 aromatic carbocycles. The molecule has 0 saturated heterocycles. The topological polar surface area (TPSA) is 61.6 Å². The quantitative estimate of drug-likeness (QED) is 0.563. The van der Waals surface area contributed by atoms with Gasteiger partial charge in [-0.05, 0) is 38.6 Å². The van der Waals surface area contributed by atoms with E-state index in [9.17, 15) is 10.1 Å². The van der Waals surface area contributed by atoms with Gasteiger partial charge in [0.25, 0.3) is 5.70 Å². The summed E-state index contributed by atoms with van der Waals surface area (Å²) in [6, 6.07) is 4.82. The van der Waals surface area contributed by atoms with Crippen molar-refractivity contribution in [3.8, 4) is 11.5 Å². The van der Waals surface area contributed by atoms with E-state index in [0.29, 0.717) is 30.3 Å². The van der Waals surface area contributed by atoms with E-state index in [1.807, 2.05) is 13.8 Å². The van der Waals surface area contributed by atoms with Gasteiger partial charge in [0.1, 0.15) is 0 Å². The molecule has 0 spiro atoms. The Hall–Kier alpha value is -2.04. The standard InChI is InChI=1S/C12H15NO4/c1-4-16-11-7-6-10(9(3)13(14)15)8-12(11)17-5-2/h6-8H,3-5H2,1-2H3. The van der Waals surface area contributed by atoms with Gasteiger partial charge in [-0.15, -0.1) is 0 Å². The fourth-order valence-electron chi connectivity index (χ4n) is 1.34. The number of hydrogen-bond donors (Lipinski definition) is 0. The molecule has 92 valence electrons. The van der Waals surface area contributed by atoms with Crippen LogP contribution in [0.1, 0.15) is 19.4 Å². The van der Waals surface area contributed by atoms with E-state index in [2.05, 4.69) is 6.58 Å². The van der Waals surface area contributed by atoms with E-state index in [1.165, 1.54) is 0 Å². The van der Waals surface area contributed by atoms with Gasteiger partial charge in [0.05, 0.1) is 23.7 Å². The summed E-state index contributed by atoms with van der Waals surface area (Å²) in [5, 5.41) is 10.6. The van der Waals surface area contributed by atoms with Crippen molar-refractivity contribution in [2.75, 3.05) is 13.2 Å². The maximum absolute atomic E-state index is 10.6. The lowest BCUT2D eigenvalue weighted by atomic mass is 10.1. The normalized spacial score (nSPS) is 9.76. The number of ether oxygens (including phenoxy) is 2. The minimum Gasteiger partial charge on any atom is -0.490 e. The molecule has 0 atom stereocenters. The van der Waals surface area contributed by atoms with Crippen molar-refractivity contribution in [3.05, 3.63) is 40.5 Å². The molecule has 1 rings (SSSR count). The Morgan fingerprint density at radius 2 is 1.88 bits per heavy atom. The van der Waals surface area contributed by atoms with Gasteiger partial charge >= 0.3 is 0 Å². The number of hydrogen-bond acceptors (Lipinski definition) is 4. The predicted molar refractivity (Wildman–Crippen MR) is 64.8 cm³/mol. The van der Waals surface area contributed by atoms with E-state index in [0.717, 1.165) is 0 Å². The first kappa shape index (κ1) is 13.0. The SMILES string of the molecule is C=C(c1ccc(OCC)c(OCC)c1)[N+](=O)[O-]. The van der Waals surface area contributed by atoms with Gasteiger partial charge in [0.2, 0.25) is 0 Å². The zero-order chi connectivity index (χ0) is 12.8. The van der Waals surface area contributed by atoms with E-state index >= 15 is 0 Å².